The number of hydrogen-bond acceptors (Lipinski definition) is 6. The predicted molar refractivity (Wildman–Crippen MR) is 86.7 cm³/mol. The first kappa shape index (κ1) is 18.7. The van der Waals surface area contributed by atoms with Crippen LogP contribution in [0.15, 0.2) is 18.2 Å². The molecule has 1 aliphatic heterocycles. The van der Waals surface area contributed by atoms with Crippen LogP contribution in [-0.2, 0) is 9.53 Å². The quantitative estimate of drug-likeness (QED) is 0.561. The van der Waals surface area contributed by atoms with E-state index in [1.165, 1.54) is 25.3 Å². The van der Waals surface area contributed by atoms with Crippen molar-refractivity contribution < 1.29 is 29.1 Å². The van der Waals surface area contributed by atoms with E-state index in [-0.39, 0.29) is 29.5 Å². The molecule has 9 heteroatoms. The van der Waals surface area contributed by atoms with Gasteiger partial charge in [0.25, 0.3) is 5.91 Å². The lowest BCUT2D eigenvalue weighted by Crippen LogP contribution is -2.39. The van der Waals surface area contributed by atoms with Crippen LogP contribution in [-0.4, -0.2) is 48.8 Å². The minimum atomic E-state index is -0.964. The second kappa shape index (κ2) is 8.43. The number of hydrogen-bond donors (Lipinski definition) is 2. The van der Waals surface area contributed by atoms with Crippen LogP contribution in [0.3, 0.4) is 0 Å². The largest absolute Gasteiger partial charge is 0.490 e. The zero-order valence-corrected chi connectivity index (χ0v) is 13.8. The van der Waals surface area contributed by atoms with Crippen molar-refractivity contribution in [3.05, 3.63) is 33.9 Å². The summed E-state index contributed by atoms with van der Waals surface area (Å²) >= 11 is 0. The lowest BCUT2D eigenvalue weighted by molar-refractivity contribution is -0.385. The minimum Gasteiger partial charge on any atom is -0.490 e. The minimum absolute atomic E-state index is 0.0157. The summed E-state index contributed by atoms with van der Waals surface area (Å²) < 4.78 is 10.2. The molecule has 0 radical (unpaired) electrons. The molecule has 136 valence electrons. The number of benzene rings is 1. The molecule has 1 heterocycles. The summed E-state index contributed by atoms with van der Waals surface area (Å²) in [7, 11) is 1.27. The van der Waals surface area contributed by atoms with E-state index in [0.29, 0.717) is 26.1 Å². The van der Waals surface area contributed by atoms with Gasteiger partial charge < -0.3 is 19.9 Å². The molecule has 1 amide bonds. The molecule has 0 aromatic heterocycles. The first-order valence-electron chi connectivity index (χ1n) is 7.85. The predicted octanol–water partition coefficient (Wildman–Crippen LogP) is 1.46. The van der Waals surface area contributed by atoms with Crippen molar-refractivity contribution in [2.75, 3.05) is 26.9 Å². The SMILES string of the molecule is COc1cc(C(=O)NCC(C(=O)O)C2CCOCC2)ccc1[N+](=O)[O-]. The van der Waals surface area contributed by atoms with Gasteiger partial charge in [-0.05, 0) is 24.8 Å². The van der Waals surface area contributed by atoms with E-state index in [2.05, 4.69) is 5.32 Å². The molecule has 1 unspecified atom stereocenters. The van der Waals surface area contributed by atoms with E-state index in [1.807, 2.05) is 0 Å². The number of rotatable bonds is 7. The van der Waals surface area contributed by atoms with Crippen LogP contribution in [0.25, 0.3) is 0 Å². The summed E-state index contributed by atoms with van der Waals surface area (Å²) in [6, 6.07) is 3.75. The van der Waals surface area contributed by atoms with Crippen molar-refractivity contribution in [3.63, 3.8) is 0 Å². The highest BCUT2D eigenvalue weighted by Crippen LogP contribution is 2.28. The number of nitrogens with one attached hydrogen (secondary N) is 1. The van der Waals surface area contributed by atoms with Crippen LogP contribution in [0.2, 0.25) is 0 Å². The molecule has 2 rings (SSSR count). The molecular formula is C16H20N2O7. The van der Waals surface area contributed by atoms with Gasteiger partial charge in [-0.2, -0.15) is 0 Å². The van der Waals surface area contributed by atoms with Crippen LogP contribution < -0.4 is 10.1 Å². The van der Waals surface area contributed by atoms with Gasteiger partial charge in [0.15, 0.2) is 5.75 Å². The average molecular weight is 352 g/mol. The Morgan fingerprint density at radius 2 is 2.12 bits per heavy atom. The van der Waals surface area contributed by atoms with Gasteiger partial charge in [0.05, 0.1) is 18.0 Å². The summed E-state index contributed by atoms with van der Waals surface area (Å²) in [5.74, 6) is -2.26. The summed E-state index contributed by atoms with van der Waals surface area (Å²) in [6.07, 6.45) is 1.27. The molecular weight excluding hydrogens is 332 g/mol. The zero-order chi connectivity index (χ0) is 18.4. The molecule has 0 spiro atoms. The first-order chi connectivity index (χ1) is 11.9. The fourth-order valence-corrected chi connectivity index (χ4v) is 2.85. The van der Waals surface area contributed by atoms with Gasteiger partial charge in [0, 0.05) is 37.5 Å². The fraction of sp³-hybridized carbons (Fsp3) is 0.500. The highest BCUT2D eigenvalue weighted by Gasteiger charge is 2.30. The lowest BCUT2D eigenvalue weighted by Gasteiger charge is -2.27. The van der Waals surface area contributed by atoms with Crippen molar-refractivity contribution in [3.8, 4) is 5.75 Å². The Hall–Kier alpha value is -2.68. The molecule has 9 nitrogen and oxygen atoms in total. The van der Waals surface area contributed by atoms with Gasteiger partial charge in [-0.25, -0.2) is 0 Å². The highest BCUT2D eigenvalue weighted by atomic mass is 16.6. The monoisotopic (exact) mass is 352 g/mol. The number of aliphatic carboxylic acids is 1. The fourth-order valence-electron chi connectivity index (χ4n) is 2.85. The van der Waals surface area contributed by atoms with E-state index in [9.17, 15) is 24.8 Å². The van der Waals surface area contributed by atoms with Crippen molar-refractivity contribution in [1.82, 2.24) is 5.32 Å². The number of carbonyl (C=O) groups is 2. The Kier molecular flexibility index (Phi) is 6.29. The number of nitrogens with zero attached hydrogens (tertiary/aromatic N) is 1. The average Bonchev–Trinajstić information content (AvgIpc) is 2.61. The third-order valence-corrected chi connectivity index (χ3v) is 4.27. The van der Waals surface area contributed by atoms with Gasteiger partial charge >= 0.3 is 11.7 Å². The van der Waals surface area contributed by atoms with Gasteiger partial charge in [-0.15, -0.1) is 0 Å². The van der Waals surface area contributed by atoms with E-state index < -0.39 is 22.7 Å². The molecule has 0 bridgehead atoms. The van der Waals surface area contributed by atoms with Gasteiger partial charge in [0.2, 0.25) is 0 Å². The molecule has 1 aromatic carbocycles. The molecule has 1 atom stereocenters. The van der Waals surface area contributed by atoms with E-state index in [4.69, 9.17) is 9.47 Å². The number of ether oxygens (including phenoxy) is 2. The van der Waals surface area contributed by atoms with Gasteiger partial charge in [0.1, 0.15) is 0 Å². The van der Waals surface area contributed by atoms with Crippen LogP contribution >= 0.6 is 0 Å². The second-order valence-corrected chi connectivity index (χ2v) is 5.75. The Morgan fingerprint density at radius 1 is 1.44 bits per heavy atom. The molecule has 2 N–H and O–H groups in total. The van der Waals surface area contributed by atoms with Gasteiger partial charge in [-0.1, -0.05) is 0 Å². The highest BCUT2D eigenvalue weighted by molar-refractivity contribution is 5.95. The van der Waals surface area contributed by atoms with Crippen LogP contribution in [0.4, 0.5) is 5.69 Å². The summed E-state index contributed by atoms with van der Waals surface area (Å²) in [4.78, 5) is 34.0. The van der Waals surface area contributed by atoms with Crippen molar-refractivity contribution in [1.29, 1.82) is 0 Å². The number of carboxylic acids is 1. The third-order valence-electron chi connectivity index (χ3n) is 4.27. The summed E-state index contributed by atoms with van der Waals surface area (Å²) in [5.41, 5.74) is -0.0803. The van der Waals surface area contributed by atoms with Crippen molar-refractivity contribution in [2.24, 2.45) is 11.8 Å². The summed E-state index contributed by atoms with van der Waals surface area (Å²) in [5, 5.41) is 22.9. The maximum Gasteiger partial charge on any atom is 0.310 e. The van der Waals surface area contributed by atoms with Crippen molar-refractivity contribution >= 4 is 17.6 Å². The molecule has 1 aliphatic rings. The maximum absolute atomic E-state index is 12.2. The van der Waals surface area contributed by atoms with Crippen molar-refractivity contribution in [2.45, 2.75) is 12.8 Å². The summed E-state index contributed by atoms with van der Waals surface area (Å²) in [6.45, 7) is 1.02. The second-order valence-electron chi connectivity index (χ2n) is 5.75. The molecule has 25 heavy (non-hydrogen) atoms. The van der Waals surface area contributed by atoms with E-state index in [0.717, 1.165) is 0 Å². The molecule has 0 saturated carbocycles. The first-order valence-corrected chi connectivity index (χ1v) is 7.85. The van der Waals surface area contributed by atoms with Gasteiger partial charge in [-0.3, -0.25) is 19.7 Å². The lowest BCUT2D eigenvalue weighted by atomic mass is 9.86. The Balaban J connectivity index is 2.05. The number of methoxy groups -OCH3 is 1. The number of amides is 1. The molecule has 1 saturated heterocycles. The van der Waals surface area contributed by atoms with E-state index in [1.54, 1.807) is 0 Å². The zero-order valence-electron chi connectivity index (χ0n) is 13.8. The molecule has 0 aliphatic carbocycles. The smallest absolute Gasteiger partial charge is 0.310 e. The topological polar surface area (TPSA) is 128 Å². The number of nitro benzene ring substituents is 1. The normalized spacial score (nSPS) is 16.0. The Morgan fingerprint density at radius 3 is 2.68 bits per heavy atom. The van der Waals surface area contributed by atoms with Crippen LogP contribution in [0.5, 0.6) is 5.75 Å². The third kappa shape index (κ3) is 4.66. The van der Waals surface area contributed by atoms with E-state index >= 15 is 0 Å². The Bertz CT molecular complexity index is 656. The van der Waals surface area contributed by atoms with Crippen LogP contribution in [0.1, 0.15) is 23.2 Å². The standard InChI is InChI=1S/C16H20N2O7/c1-24-14-8-11(2-3-13(14)18(22)23)15(19)17-9-12(16(20)21)10-4-6-25-7-5-10/h2-3,8,10,12H,4-7,9H2,1H3,(H,17,19)(H,20,21). The maximum atomic E-state index is 12.2. The number of carbonyl (C=O) groups excluding carboxylic acids is 1. The number of nitro groups is 1. The Labute approximate surface area is 144 Å². The number of carboxylic acid groups (broad SMARTS) is 1. The molecule has 1 fully saturated rings. The van der Waals surface area contributed by atoms with Crippen LogP contribution in [0, 0.1) is 22.0 Å². The molecule has 1 aromatic rings.